The summed E-state index contributed by atoms with van der Waals surface area (Å²) < 4.78 is 11.5. The smallest absolute Gasteiger partial charge is 0.185 e. The van der Waals surface area contributed by atoms with Crippen LogP contribution in [0.25, 0.3) is 11.3 Å². The van der Waals surface area contributed by atoms with Crippen molar-refractivity contribution in [2.24, 2.45) is 0 Å². The van der Waals surface area contributed by atoms with Crippen molar-refractivity contribution < 1.29 is 13.9 Å². The van der Waals surface area contributed by atoms with E-state index in [9.17, 15) is 4.79 Å². The average Bonchev–Trinajstić information content (AvgIpc) is 2.99. The maximum atomic E-state index is 10.7. The predicted molar refractivity (Wildman–Crippen MR) is 80.8 cm³/mol. The van der Waals surface area contributed by atoms with Crippen molar-refractivity contribution in [1.82, 2.24) is 0 Å². The van der Waals surface area contributed by atoms with Gasteiger partial charge >= 0.3 is 0 Å². The fourth-order valence-corrected chi connectivity index (χ4v) is 2.11. The Labute approximate surface area is 122 Å². The molecule has 0 radical (unpaired) electrons. The number of furan rings is 1. The molecule has 0 spiro atoms. The van der Waals surface area contributed by atoms with Crippen molar-refractivity contribution in [3.05, 3.63) is 72.0 Å². The summed E-state index contributed by atoms with van der Waals surface area (Å²) in [5, 5.41) is 0. The molecule has 3 heteroatoms. The van der Waals surface area contributed by atoms with Gasteiger partial charge in [0.15, 0.2) is 12.0 Å². The van der Waals surface area contributed by atoms with Crippen molar-refractivity contribution in [3.8, 4) is 22.8 Å². The summed E-state index contributed by atoms with van der Waals surface area (Å²) in [6, 6.07) is 18.8. The van der Waals surface area contributed by atoms with Gasteiger partial charge in [-0.15, -0.1) is 0 Å². The largest absolute Gasteiger partial charge is 0.456 e. The molecule has 0 aliphatic heterocycles. The zero-order valence-electron chi connectivity index (χ0n) is 11.6. The number of carbonyl (C=O) groups excluding carboxylic acids is 1. The SMILES string of the molecule is Cc1ccccc1Oc1ccccc1-c1ccc(C=O)o1. The van der Waals surface area contributed by atoms with Crippen LogP contribution in [-0.2, 0) is 0 Å². The molecule has 3 nitrogen and oxygen atoms in total. The molecule has 3 aromatic rings. The molecule has 0 fully saturated rings. The molecular weight excluding hydrogens is 264 g/mol. The summed E-state index contributed by atoms with van der Waals surface area (Å²) in [6.45, 7) is 2.00. The molecule has 0 saturated heterocycles. The number of aryl methyl sites for hydroxylation is 1. The van der Waals surface area contributed by atoms with E-state index in [4.69, 9.17) is 9.15 Å². The predicted octanol–water partition coefficient (Wildman–Crippen LogP) is 4.86. The zero-order valence-corrected chi connectivity index (χ0v) is 11.6. The van der Waals surface area contributed by atoms with E-state index in [1.54, 1.807) is 12.1 Å². The highest BCUT2D eigenvalue weighted by molar-refractivity contribution is 5.74. The molecule has 0 N–H and O–H groups in total. The standard InChI is InChI=1S/C18H14O3/c1-13-6-2-4-8-16(13)21-17-9-5-3-7-15(17)18-11-10-14(12-19)20-18/h2-12H,1H3. The van der Waals surface area contributed by atoms with Crippen LogP contribution in [0.3, 0.4) is 0 Å². The molecule has 0 aliphatic carbocycles. The third kappa shape index (κ3) is 2.72. The van der Waals surface area contributed by atoms with Crippen molar-refractivity contribution in [1.29, 1.82) is 0 Å². The number of para-hydroxylation sites is 2. The maximum absolute atomic E-state index is 10.7. The minimum Gasteiger partial charge on any atom is -0.456 e. The van der Waals surface area contributed by atoms with Gasteiger partial charge in [-0.25, -0.2) is 0 Å². The van der Waals surface area contributed by atoms with Crippen LogP contribution in [0.2, 0.25) is 0 Å². The van der Waals surface area contributed by atoms with Crippen LogP contribution in [0.4, 0.5) is 0 Å². The molecule has 0 bridgehead atoms. The Morgan fingerprint density at radius 2 is 1.62 bits per heavy atom. The number of benzene rings is 2. The minimum absolute atomic E-state index is 0.302. The van der Waals surface area contributed by atoms with E-state index in [0.29, 0.717) is 23.6 Å². The number of ether oxygens (including phenoxy) is 1. The lowest BCUT2D eigenvalue weighted by Crippen LogP contribution is -1.89. The first kappa shape index (κ1) is 13.2. The molecular formula is C18H14O3. The van der Waals surface area contributed by atoms with E-state index in [1.807, 2.05) is 55.5 Å². The molecule has 1 heterocycles. The third-order valence-corrected chi connectivity index (χ3v) is 3.21. The molecule has 0 saturated carbocycles. The van der Waals surface area contributed by atoms with Crippen molar-refractivity contribution >= 4 is 6.29 Å². The van der Waals surface area contributed by atoms with Crippen LogP contribution in [0, 0.1) is 6.92 Å². The summed E-state index contributed by atoms with van der Waals surface area (Å²) in [5.74, 6) is 2.41. The highest BCUT2D eigenvalue weighted by atomic mass is 16.5. The average molecular weight is 278 g/mol. The third-order valence-electron chi connectivity index (χ3n) is 3.21. The molecule has 0 atom stereocenters. The Kier molecular flexibility index (Phi) is 3.56. The van der Waals surface area contributed by atoms with Crippen LogP contribution in [0.15, 0.2) is 65.1 Å². The second kappa shape index (κ2) is 5.67. The fraction of sp³-hybridized carbons (Fsp3) is 0.0556. The number of aldehydes is 1. The summed E-state index contributed by atoms with van der Waals surface area (Å²) in [7, 11) is 0. The quantitative estimate of drug-likeness (QED) is 0.640. The lowest BCUT2D eigenvalue weighted by molar-refractivity contribution is 0.110. The first-order chi connectivity index (χ1) is 10.3. The van der Waals surface area contributed by atoms with E-state index in [2.05, 4.69) is 0 Å². The number of hydrogen-bond donors (Lipinski definition) is 0. The molecule has 2 aromatic carbocycles. The fourth-order valence-electron chi connectivity index (χ4n) is 2.11. The lowest BCUT2D eigenvalue weighted by atomic mass is 10.1. The molecule has 0 unspecified atom stereocenters. The monoisotopic (exact) mass is 278 g/mol. The Hall–Kier alpha value is -2.81. The summed E-state index contributed by atoms with van der Waals surface area (Å²) in [4.78, 5) is 10.7. The Balaban J connectivity index is 2.00. The first-order valence-corrected chi connectivity index (χ1v) is 6.66. The van der Waals surface area contributed by atoms with Gasteiger partial charge in [-0.05, 0) is 42.8 Å². The summed E-state index contributed by atoms with van der Waals surface area (Å²) in [5.41, 5.74) is 1.87. The first-order valence-electron chi connectivity index (χ1n) is 6.66. The van der Waals surface area contributed by atoms with Crippen molar-refractivity contribution in [2.75, 3.05) is 0 Å². The number of hydrogen-bond acceptors (Lipinski definition) is 3. The van der Waals surface area contributed by atoms with Crippen molar-refractivity contribution in [2.45, 2.75) is 6.92 Å². The second-order valence-electron chi connectivity index (χ2n) is 4.68. The second-order valence-corrected chi connectivity index (χ2v) is 4.68. The van der Waals surface area contributed by atoms with Gasteiger partial charge in [-0.1, -0.05) is 30.3 Å². The van der Waals surface area contributed by atoms with Crippen LogP contribution < -0.4 is 4.74 Å². The van der Waals surface area contributed by atoms with Gasteiger partial charge in [-0.2, -0.15) is 0 Å². The zero-order chi connectivity index (χ0) is 14.7. The van der Waals surface area contributed by atoms with Crippen LogP contribution in [0.5, 0.6) is 11.5 Å². The Morgan fingerprint density at radius 1 is 0.905 bits per heavy atom. The van der Waals surface area contributed by atoms with Gasteiger partial charge in [-0.3, -0.25) is 4.79 Å². The molecule has 104 valence electrons. The highest BCUT2D eigenvalue weighted by Crippen LogP contribution is 2.34. The molecule has 21 heavy (non-hydrogen) atoms. The molecule has 0 aliphatic rings. The summed E-state index contributed by atoms with van der Waals surface area (Å²) in [6.07, 6.45) is 0.689. The van der Waals surface area contributed by atoms with E-state index < -0.39 is 0 Å². The van der Waals surface area contributed by atoms with Crippen LogP contribution in [-0.4, -0.2) is 6.29 Å². The molecule has 0 amide bonds. The minimum atomic E-state index is 0.302. The van der Waals surface area contributed by atoms with Crippen LogP contribution in [0.1, 0.15) is 16.1 Å². The summed E-state index contributed by atoms with van der Waals surface area (Å²) >= 11 is 0. The van der Waals surface area contributed by atoms with Gasteiger partial charge in [0, 0.05) is 0 Å². The maximum Gasteiger partial charge on any atom is 0.185 e. The van der Waals surface area contributed by atoms with E-state index in [0.717, 1.165) is 16.9 Å². The van der Waals surface area contributed by atoms with Gasteiger partial charge in [0.1, 0.15) is 17.3 Å². The van der Waals surface area contributed by atoms with Gasteiger partial charge in [0.05, 0.1) is 5.56 Å². The van der Waals surface area contributed by atoms with Gasteiger partial charge in [0.2, 0.25) is 0 Å². The van der Waals surface area contributed by atoms with E-state index in [-0.39, 0.29) is 0 Å². The van der Waals surface area contributed by atoms with Gasteiger partial charge < -0.3 is 9.15 Å². The molecule has 3 rings (SSSR count). The Bertz CT molecular complexity index is 771. The topological polar surface area (TPSA) is 39.4 Å². The highest BCUT2D eigenvalue weighted by Gasteiger charge is 2.11. The molecule has 1 aromatic heterocycles. The van der Waals surface area contributed by atoms with E-state index >= 15 is 0 Å². The van der Waals surface area contributed by atoms with Crippen LogP contribution >= 0.6 is 0 Å². The number of carbonyl (C=O) groups is 1. The van der Waals surface area contributed by atoms with Crippen molar-refractivity contribution in [3.63, 3.8) is 0 Å². The van der Waals surface area contributed by atoms with Gasteiger partial charge in [0.25, 0.3) is 0 Å². The van der Waals surface area contributed by atoms with E-state index in [1.165, 1.54) is 0 Å². The lowest BCUT2D eigenvalue weighted by Gasteiger charge is -2.11. The number of rotatable bonds is 4. The Morgan fingerprint density at radius 3 is 2.33 bits per heavy atom. The normalized spacial score (nSPS) is 10.3.